The quantitative estimate of drug-likeness (QED) is 0.701. The Hall–Kier alpha value is -0.860. The van der Waals surface area contributed by atoms with Gasteiger partial charge in [0.1, 0.15) is 0 Å². The monoisotopic (exact) mass is 291 g/mol. The van der Waals surface area contributed by atoms with Crippen LogP contribution in [-0.4, -0.2) is 19.3 Å². The van der Waals surface area contributed by atoms with Gasteiger partial charge in [0.05, 0.1) is 12.1 Å². The minimum atomic E-state index is 0.257. The zero-order valence-electron chi connectivity index (χ0n) is 14.8. The maximum atomic E-state index is 6.06. The van der Waals surface area contributed by atoms with Gasteiger partial charge in [-0.2, -0.15) is 0 Å². The highest BCUT2D eigenvalue weighted by Gasteiger charge is 2.24. The molecule has 0 bridgehead atoms. The van der Waals surface area contributed by atoms with Crippen molar-refractivity contribution < 1.29 is 4.74 Å². The summed E-state index contributed by atoms with van der Waals surface area (Å²) in [5.74, 6) is 0. The largest absolute Gasteiger partial charge is 0.377 e. The summed E-state index contributed by atoms with van der Waals surface area (Å²) in [6.07, 6.45) is 3.65. The molecule has 0 aromatic heterocycles. The lowest BCUT2D eigenvalue weighted by Gasteiger charge is -2.30. The number of ether oxygens (including phenoxy) is 1. The first-order valence-electron chi connectivity index (χ1n) is 8.47. The van der Waals surface area contributed by atoms with Gasteiger partial charge in [-0.1, -0.05) is 32.4 Å². The van der Waals surface area contributed by atoms with Gasteiger partial charge in [-0.05, 0) is 69.3 Å². The average molecular weight is 291 g/mol. The number of aryl methyl sites for hydroxylation is 3. The molecule has 0 spiro atoms. The minimum Gasteiger partial charge on any atom is -0.377 e. The zero-order valence-corrected chi connectivity index (χ0v) is 14.8. The van der Waals surface area contributed by atoms with E-state index in [0.717, 1.165) is 32.4 Å². The third-order valence-corrected chi connectivity index (χ3v) is 4.16. The summed E-state index contributed by atoms with van der Waals surface area (Å²) in [7, 11) is 0. The molecule has 0 aliphatic heterocycles. The van der Waals surface area contributed by atoms with Gasteiger partial charge in [0.25, 0.3) is 0 Å². The standard InChI is InChI=1S/C19H33NO/c1-7-10-18(21-9-3)19(20-11-8-2)17-13-15(5)14(4)12-16(17)6/h12-13,18-20H,7-11H2,1-6H3. The second-order valence-corrected chi connectivity index (χ2v) is 6.01. The van der Waals surface area contributed by atoms with Crippen LogP contribution in [0.5, 0.6) is 0 Å². The van der Waals surface area contributed by atoms with Gasteiger partial charge in [0, 0.05) is 6.61 Å². The summed E-state index contributed by atoms with van der Waals surface area (Å²) in [5, 5.41) is 3.72. The van der Waals surface area contributed by atoms with E-state index in [0.29, 0.717) is 6.04 Å². The van der Waals surface area contributed by atoms with Gasteiger partial charge in [0.2, 0.25) is 0 Å². The van der Waals surface area contributed by atoms with Crippen LogP contribution in [0.2, 0.25) is 0 Å². The highest BCUT2D eigenvalue weighted by atomic mass is 16.5. The molecule has 2 nitrogen and oxygen atoms in total. The van der Waals surface area contributed by atoms with Crippen molar-refractivity contribution in [3.05, 3.63) is 34.4 Å². The predicted molar refractivity (Wildman–Crippen MR) is 92.0 cm³/mol. The van der Waals surface area contributed by atoms with Crippen LogP contribution in [0, 0.1) is 20.8 Å². The second-order valence-electron chi connectivity index (χ2n) is 6.01. The molecule has 0 amide bonds. The molecule has 21 heavy (non-hydrogen) atoms. The zero-order chi connectivity index (χ0) is 15.8. The topological polar surface area (TPSA) is 21.3 Å². The van der Waals surface area contributed by atoms with Crippen molar-refractivity contribution in [3.63, 3.8) is 0 Å². The molecule has 1 N–H and O–H groups in total. The van der Waals surface area contributed by atoms with E-state index in [2.05, 4.69) is 59.0 Å². The number of hydrogen-bond acceptors (Lipinski definition) is 2. The predicted octanol–water partition coefficient (Wildman–Crippen LogP) is 4.86. The van der Waals surface area contributed by atoms with E-state index in [1.807, 2.05) is 0 Å². The summed E-state index contributed by atoms with van der Waals surface area (Å²) in [5.41, 5.74) is 5.51. The van der Waals surface area contributed by atoms with Crippen molar-refractivity contribution in [1.29, 1.82) is 0 Å². The van der Waals surface area contributed by atoms with E-state index < -0.39 is 0 Å². The summed E-state index contributed by atoms with van der Waals surface area (Å²) in [4.78, 5) is 0. The lowest BCUT2D eigenvalue weighted by Crippen LogP contribution is -2.35. The molecular weight excluding hydrogens is 258 g/mol. The normalized spacial score (nSPS) is 14.2. The molecule has 1 aromatic rings. The maximum absolute atomic E-state index is 6.06. The van der Waals surface area contributed by atoms with Crippen LogP contribution in [0.1, 0.15) is 68.3 Å². The third-order valence-electron chi connectivity index (χ3n) is 4.16. The third kappa shape index (κ3) is 5.12. The molecule has 0 saturated heterocycles. The molecule has 0 radical (unpaired) electrons. The summed E-state index contributed by atoms with van der Waals surface area (Å²) >= 11 is 0. The van der Waals surface area contributed by atoms with E-state index in [1.54, 1.807) is 0 Å². The molecule has 0 aliphatic carbocycles. The van der Waals surface area contributed by atoms with Crippen LogP contribution in [0.4, 0.5) is 0 Å². The molecule has 2 atom stereocenters. The van der Waals surface area contributed by atoms with E-state index in [9.17, 15) is 0 Å². The minimum absolute atomic E-state index is 0.257. The van der Waals surface area contributed by atoms with Gasteiger partial charge in [-0.25, -0.2) is 0 Å². The van der Waals surface area contributed by atoms with Crippen LogP contribution in [-0.2, 0) is 4.74 Å². The van der Waals surface area contributed by atoms with Crippen molar-refractivity contribution >= 4 is 0 Å². The first-order valence-corrected chi connectivity index (χ1v) is 8.47. The first-order chi connectivity index (χ1) is 10.0. The van der Waals surface area contributed by atoms with Crippen LogP contribution in [0.15, 0.2) is 12.1 Å². The molecule has 1 rings (SSSR count). The van der Waals surface area contributed by atoms with Crippen LogP contribution >= 0.6 is 0 Å². The van der Waals surface area contributed by atoms with Crippen molar-refractivity contribution in [2.45, 2.75) is 73.0 Å². The summed E-state index contributed by atoms with van der Waals surface area (Å²) < 4.78 is 6.06. The number of hydrogen-bond donors (Lipinski definition) is 1. The van der Waals surface area contributed by atoms with Crippen LogP contribution in [0.25, 0.3) is 0 Å². The fourth-order valence-corrected chi connectivity index (χ4v) is 2.90. The van der Waals surface area contributed by atoms with Crippen molar-refractivity contribution in [2.75, 3.05) is 13.2 Å². The summed E-state index contributed by atoms with van der Waals surface area (Å²) in [6, 6.07) is 4.95. The first kappa shape index (κ1) is 18.2. The smallest absolute Gasteiger partial charge is 0.0769 e. The van der Waals surface area contributed by atoms with Crippen molar-refractivity contribution in [3.8, 4) is 0 Å². The Morgan fingerprint density at radius 3 is 2.19 bits per heavy atom. The molecule has 0 saturated carbocycles. The second kappa shape index (κ2) is 9.22. The highest BCUT2D eigenvalue weighted by molar-refractivity contribution is 5.38. The van der Waals surface area contributed by atoms with E-state index in [-0.39, 0.29) is 6.10 Å². The molecule has 2 unspecified atom stereocenters. The maximum Gasteiger partial charge on any atom is 0.0769 e. The lowest BCUT2D eigenvalue weighted by molar-refractivity contribution is 0.0274. The number of benzene rings is 1. The molecule has 0 fully saturated rings. The van der Waals surface area contributed by atoms with E-state index in [1.165, 1.54) is 22.3 Å². The SMILES string of the molecule is CCCNC(c1cc(C)c(C)cc1C)C(CCC)OCC. The van der Waals surface area contributed by atoms with Gasteiger partial charge in [-0.3, -0.25) is 0 Å². The lowest BCUT2D eigenvalue weighted by atomic mass is 9.91. The molecule has 1 aromatic carbocycles. The van der Waals surface area contributed by atoms with Gasteiger partial charge < -0.3 is 10.1 Å². The molecule has 2 heteroatoms. The van der Waals surface area contributed by atoms with Crippen LogP contribution in [0.3, 0.4) is 0 Å². The Bertz CT molecular complexity index is 422. The fourth-order valence-electron chi connectivity index (χ4n) is 2.90. The van der Waals surface area contributed by atoms with Gasteiger partial charge in [0.15, 0.2) is 0 Å². The Kier molecular flexibility index (Phi) is 7.98. The van der Waals surface area contributed by atoms with Crippen molar-refractivity contribution in [2.24, 2.45) is 0 Å². The van der Waals surface area contributed by atoms with Gasteiger partial charge >= 0.3 is 0 Å². The fraction of sp³-hybridized carbons (Fsp3) is 0.684. The molecular formula is C19H33NO. The Morgan fingerprint density at radius 2 is 1.62 bits per heavy atom. The van der Waals surface area contributed by atoms with Crippen molar-refractivity contribution in [1.82, 2.24) is 5.32 Å². The Balaban J connectivity index is 3.13. The molecule has 120 valence electrons. The number of nitrogens with one attached hydrogen (secondary N) is 1. The van der Waals surface area contributed by atoms with E-state index in [4.69, 9.17) is 4.74 Å². The molecule has 0 aliphatic rings. The highest BCUT2D eigenvalue weighted by Crippen LogP contribution is 2.28. The summed E-state index contributed by atoms with van der Waals surface area (Å²) in [6.45, 7) is 15.0. The number of rotatable bonds is 9. The van der Waals surface area contributed by atoms with E-state index >= 15 is 0 Å². The van der Waals surface area contributed by atoms with Crippen LogP contribution < -0.4 is 5.32 Å². The Morgan fingerprint density at radius 1 is 0.952 bits per heavy atom. The van der Waals surface area contributed by atoms with Gasteiger partial charge in [-0.15, -0.1) is 0 Å². The Labute approximate surface area is 131 Å². The molecule has 0 heterocycles. The average Bonchev–Trinajstić information content (AvgIpc) is 2.44.